The third-order valence-electron chi connectivity index (χ3n) is 7.08. The SMILES string of the molecule is CCCCN.CCCCNc1ccc2cc(-c3nc(CC(=O)O)cs3)c(=O)oc2c1.O=C(O)Cc1csc(-c2cc3ccc(F)cc3oc2=O)n1. The number of thiazole rings is 2. The van der Waals surface area contributed by atoms with Crippen molar-refractivity contribution in [2.45, 2.75) is 52.4 Å². The van der Waals surface area contributed by atoms with E-state index in [0.717, 1.165) is 54.4 Å². The van der Waals surface area contributed by atoms with Crippen LogP contribution in [0.3, 0.4) is 0 Å². The second-order valence-electron chi connectivity index (χ2n) is 11.2. The molecular weight excluding hydrogens is 700 g/mol. The summed E-state index contributed by atoms with van der Waals surface area (Å²) in [5.41, 5.74) is 7.00. The zero-order chi connectivity index (χ0) is 36.9. The van der Waals surface area contributed by atoms with Crippen molar-refractivity contribution in [3.63, 3.8) is 0 Å². The van der Waals surface area contributed by atoms with Crippen LogP contribution >= 0.6 is 22.7 Å². The van der Waals surface area contributed by atoms with Crippen molar-refractivity contribution in [2.75, 3.05) is 18.4 Å². The highest BCUT2D eigenvalue weighted by molar-refractivity contribution is 7.13. The van der Waals surface area contributed by atoms with Crippen LogP contribution in [0.2, 0.25) is 0 Å². The molecule has 6 rings (SSSR count). The number of benzene rings is 2. The van der Waals surface area contributed by atoms with E-state index in [4.69, 9.17) is 24.8 Å². The van der Waals surface area contributed by atoms with Crippen molar-refractivity contribution in [3.8, 4) is 21.1 Å². The number of fused-ring (bicyclic) bond motifs is 2. The summed E-state index contributed by atoms with van der Waals surface area (Å²) in [4.78, 5) is 54.0. The maximum Gasteiger partial charge on any atom is 0.346 e. The Morgan fingerprint density at radius 3 is 1.76 bits per heavy atom. The number of unbranched alkanes of at least 4 members (excludes halogenated alkanes) is 2. The summed E-state index contributed by atoms with van der Waals surface area (Å²) in [7, 11) is 0. The molecule has 51 heavy (non-hydrogen) atoms. The van der Waals surface area contributed by atoms with E-state index in [1.807, 2.05) is 18.2 Å². The lowest BCUT2D eigenvalue weighted by molar-refractivity contribution is -0.137. The first-order valence-corrected chi connectivity index (χ1v) is 17.9. The summed E-state index contributed by atoms with van der Waals surface area (Å²) >= 11 is 2.40. The van der Waals surface area contributed by atoms with Crippen molar-refractivity contribution >= 4 is 62.2 Å². The Hall–Kier alpha value is -5.25. The maximum atomic E-state index is 13.1. The molecule has 4 aromatic heterocycles. The molecule has 0 amide bonds. The molecule has 0 saturated heterocycles. The van der Waals surface area contributed by atoms with E-state index in [2.05, 4.69) is 29.1 Å². The number of hydrogen-bond acceptors (Lipinski definition) is 12. The summed E-state index contributed by atoms with van der Waals surface area (Å²) in [6, 6.07) is 12.9. The molecule has 12 nitrogen and oxygen atoms in total. The van der Waals surface area contributed by atoms with Gasteiger partial charge in [-0.25, -0.2) is 23.9 Å². The summed E-state index contributed by atoms with van der Waals surface area (Å²) in [6.45, 7) is 5.97. The highest BCUT2D eigenvalue weighted by Crippen LogP contribution is 2.27. The molecule has 0 saturated carbocycles. The molecule has 0 fully saturated rings. The number of hydrogen-bond donors (Lipinski definition) is 4. The smallest absolute Gasteiger partial charge is 0.346 e. The second kappa shape index (κ2) is 18.7. The zero-order valence-electron chi connectivity index (χ0n) is 27.9. The number of aromatic nitrogens is 2. The first kappa shape index (κ1) is 38.6. The molecular formula is C36H37FN4O8S2. The normalized spacial score (nSPS) is 10.7. The van der Waals surface area contributed by atoms with Gasteiger partial charge in [-0.15, -0.1) is 22.7 Å². The van der Waals surface area contributed by atoms with Gasteiger partial charge in [0.1, 0.15) is 27.0 Å². The molecule has 0 radical (unpaired) electrons. The van der Waals surface area contributed by atoms with Crippen molar-refractivity contribution in [2.24, 2.45) is 5.73 Å². The molecule has 0 spiro atoms. The Morgan fingerprint density at radius 2 is 1.29 bits per heavy atom. The first-order chi connectivity index (χ1) is 24.5. The molecule has 0 bridgehead atoms. The van der Waals surface area contributed by atoms with Crippen LogP contribution in [-0.2, 0) is 22.4 Å². The number of nitrogens with two attached hydrogens (primary N) is 1. The number of carboxylic acids is 2. The van der Waals surface area contributed by atoms with Crippen molar-refractivity contribution in [1.82, 2.24) is 9.97 Å². The third kappa shape index (κ3) is 11.1. The summed E-state index contributed by atoms with van der Waals surface area (Å²) in [5.74, 6) is -2.44. The first-order valence-electron chi connectivity index (χ1n) is 16.1. The third-order valence-corrected chi connectivity index (χ3v) is 8.93. The lowest BCUT2D eigenvalue weighted by Gasteiger charge is -2.06. The van der Waals surface area contributed by atoms with E-state index in [1.54, 1.807) is 22.9 Å². The number of anilines is 1. The van der Waals surface area contributed by atoms with E-state index in [1.165, 1.54) is 36.3 Å². The van der Waals surface area contributed by atoms with E-state index in [9.17, 15) is 23.6 Å². The fourth-order valence-corrected chi connectivity index (χ4v) is 6.20. The van der Waals surface area contributed by atoms with E-state index >= 15 is 0 Å². The van der Waals surface area contributed by atoms with Crippen LogP contribution in [0, 0.1) is 5.82 Å². The fraction of sp³-hybridized carbons (Fsp3) is 0.278. The molecule has 0 aliphatic heterocycles. The van der Waals surface area contributed by atoms with Crippen LogP contribution in [0.25, 0.3) is 43.1 Å². The Labute approximate surface area is 299 Å². The molecule has 4 heterocycles. The molecule has 268 valence electrons. The Morgan fingerprint density at radius 1 is 0.784 bits per heavy atom. The van der Waals surface area contributed by atoms with Gasteiger partial charge in [0.2, 0.25) is 0 Å². The summed E-state index contributed by atoms with van der Waals surface area (Å²) in [6.07, 6.45) is 4.19. The van der Waals surface area contributed by atoms with E-state index in [-0.39, 0.29) is 24.0 Å². The van der Waals surface area contributed by atoms with Gasteiger partial charge in [-0.2, -0.15) is 0 Å². The van der Waals surface area contributed by atoms with E-state index < -0.39 is 29.0 Å². The summed E-state index contributed by atoms with van der Waals surface area (Å²) < 4.78 is 23.6. The predicted octanol–water partition coefficient (Wildman–Crippen LogP) is 7.18. The van der Waals surface area contributed by atoms with Crippen LogP contribution in [0.5, 0.6) is 0 Å². The lowest BCUT2D eigenvalue weighted by Crippen LogP contribution is -2.04. The number of carbonyl (C=O) groups is 2. The van der Waals surface area contributed by atoms with Gasteiger partial charge in [-0.1, -0.05) is 26.7 Å². The Bertz CT molecular complexity index is 2220. The average molecular weight is 737 g/mol. The lowest BCUT2D eigenvalue weighted by atomic mass is 10.1. The standard InChI is InChI=1S/C18H18N2O4S.C14H8FNO4S.C4H11N/c1-2-3-6-19-12-5-4-11-7-14(18(23)24-15(11)8-12)17-20-13(10-25-17)9-16(21)22;15-8-2-1-7-3-10(14(19)20-11(7)4-8)13-16-9(6-21-13)5-12(17)18;1-2-3-4-5/h4-5,7-8,10,19H,2-3,6,9H2,1H3,(H,21,22);1-4,6H,5H2,(H,17,18);2-5H2,1H3. The number of rotatable bonds is 12. The molecule has 2 aromatic carbocycles. The highest BCUT2D eigenvalue weighted by atomic mass is 32.1. The number of nitrogens with one attached hydrogen (secondary N) is 1. The van der Waals surface area contributed by atoms with Crippen molar-refractivity contribution in [1.29, 1.82) is 0 Å². The number of halogens is 1. The Balaban J connectivity index is 0.000000204. The molecule has 6 aromatic rings. The van der Waals surface area contributed by atoms with Crippen LogP contribution < -0.4 is 22.3 Å². The monoisotopic (exact) mass is 736 g/mol. The quantitative estimate of drug-likeness (QED) is 0.0730. The fourth-order valence-electron chi connectivity index (χ4n) is 4.55. The second-order valence-corrected chi connectivity index (χ2v) is 12.9. The van der Waals surface area contributed by atoms with Gasteiger partial charge in [-0.05, 0) is 55.8 Å². The summed E-state index contributed by atoms with van der Waals surface area (Å²) in [5, 5.41) is 26.3. The minimum absolute atomic E-state index is 0.158. The van der Waals surface area contributed by atoms with E-state index in [0.29, 0.717) is 37.9 Å². The van der Waals surface area contributed by atoms with Gasteiger partial charge in [0.25, 0.3) is 0 Å². The average Bonchev–Trinajstić information content (AvgIpc) is 3.74. The predicted molar refractivity (Wildman–Crippen MR) is 197 cm³/mol. The molecule has 0 atom stereocenters. The van der Waals surface area contributed by atoms with Crippen LogP contribution in [0.1, 0.15) is 50.9 Å². The van der Waals surface area contributed by atoms with Gasteiger partial charge >= 0.3 is 23.2 Å². The number of aliphatic carboxylic acids is 2. The number of carboxylic acid groups (broad SMARTS) is 2. The zero-order valence-corrected chi connectivity index (χ0v) is 29.6. The minimum atomic E-state index is -0.993. The topological polar surface area (TPSA) is 199 Å². The van der Waals surface area contributed by atoms with Crippen LogP contribution in [0.4, 0.5) is 10.1 Å². The highest BCUT2D eigenvalue weighted by Gasteiger charge is 2.15. The maximum absolute atomic E-state index is 13.1. The van der Waals surface area contributed by atoms with Gasteiger partial charge in [0.05, 0.1) is 35.4 Å². The molecule has 0 unspecified atom stereocenters. The molecule has 0 aliphatic rings. The van der Waals surface area contributed by atoms with Gasteiger partial charge in [0.15, 0.2) is 0 Å². The van der Waals surface area contributed by atoms with Crippen molar-refractivity contribution in [3.05, 3.63) is 97.3 Å². The van der Waals surface area contributed by atoms with Crippen molar-refractivity contribution < 1.29 is 33.0 Å². The van der Waals surface area contributed by atoms with Crippen LogP contribution in [-0.4, -0.2) is 45.2 Å². The van der Waals surface area contributed by atoms with Crippen LogP contribution in [0.15, 0.2) is 77.7 Å². The van der Waals surface area contributed by atoms with Gasteiger partial charge < -0.3 is 30.1 Å². The van der Waals surface area contributed by atoms with Gasteiger partial charge in [0, 0.05) is 45.9 Å². The van der Waals surface area contributed by atoms with Gasteiger partial charge in [-0.3, -0.25) is 9.59 Å². The molecule has 0 aliphatic carbocycles. The Kier molecular flexibility index (Phi) is 14.1. The number of nitrogens with zero attached hydrogens (tertiary/aromatic N) is 2. The minimum Gasteiger partial charge on any atom is -0.481 e. The molecule has 15 heteroatoms. The molecule has 5 N–H and O–H groups in total. The largest absolute Gasteiger partial charge is 0.481 e.